The molecule has 5 rings (SSSR count). The fourth-order valence-corrected chi connectivity index (χ4v) is 6.33. The van der Waals surface area contributed by atoms with Crippen molar-refractivity contribution in [1.82, 2.24) is 14.5 Å². The third-order valence-corrected chi connectivity index (χ3v) is 8.28. The highest BCUT2D eigenvalue weighted by molar-refractivity contribution is 5.82. The Labute approximate surface area is 206 Å². The summed E-state index contributed by atoms with van der Waals surface area (Å²) in [4.78, 5) is 30.8. The van der Waals surface area contributed by atoms with E-state index in [0.717, 1.165) is 67.6 Å². The normalized spacial score (nSPS) is 25.8. The van der Waals surface area contributed by atoms with Gasteiger partial charge in [0.1, 0.15) is 5.82 Å². The number of aliphatic carboxylic acids is 1. The highest BCUT2D eigenvalue weighted by Gasteiger charge is 2.33. The topological polar surface area (TPSA) is 93.9 Å². The molecule has 2 aromatic rings. The van der Waals surface area contributed by atoms with Crippen molar-refractivity contribution < 1.29 is 24.2 Å². The van der Waals surface area contributed by atoms with Crippen molar-refractivity contribution in [2.75, 3.05) is 20.3 Å². The molecule has 1 aromatic heterocycles. The van der Waals surface area contributed by atoms with E-state index in [0.29, 0.717) is 25.9 Å². The van der Waals surface area contributed by atoms with Gasteiger partial charge in [0.25, 0.3) is 0 Å². The Morgan fingerprint density at radius 3 is 2.69 bits per heavy atom. The molecular formula is C27H37N3O5. The number of imidazole rings is 1. The summed E-state index contributed by atoms with van der Waals surface area (Å²) in [5.41, 5.74) is 4.43. The van der Waals surface area contributed by atoms with E-state index in [2.05, 4.69) is 23.6 Å². The molecule has 1 amide bonds. The van der Waals surface area contributed by atoms with Crippen molar-refractivity contribution in [3.8, 4) is 0 Å². The molecule has 190 valence electrons. The Morgan fingerprint density at radius 1 is 1.20 bits per heavy atom. The molecule has 1 saturated heterocycles. The van der Waals surface area contributed by atoms with E-state index in [1.54, 1.807) is 4.90 Å². The van der Waals surface area contributed by atoms with Crippen LogP contribution in [-0.2, 0) is 27.2 Å². The van der Waals surface area contributed by atoms with Gasteiger partial charge in [-0.1, -0.05) is 6.07 Å². The minimum Gasteiger partial charge on any atom is -0.481 e. The molecule has 0 unspecified atom stereocenters. The number of hydrogen-bond donors (Lipinski definition) is 1. The number of aromatic nitrogens is 2. The van der Waals surface area contributed by atoms with Gasteiger partial charge in [0, 0.05) is 30.7 Å². The number of carboxylic acid groups (broad SMARTS) is 1. The van der Waals surface area contributed by atoms with Crippen LogP contribution in [0.25, 0.3) is 11.0 Å². The maximum Gasteiger partial charge on any atom is 0.409 e. The van der Waals surface area contributed by atoms with Gasteiger partial charge in [-0.2, -0.15) is 0 Å². The van der Waals surface area contributed by atoms with E-state index in [-0.39, 0.29) is 30.1 Å². The second-order valence-corrected chi connectivity index (χ2v) is 10.5. The van der Waals surface area contributed by atoms with E-state index in [4.69, 9.17) is 14.5 Å². The first-order valence-corrected chi connectivity index (χ1v) is 13.2. The average Bonchev–Trinajstić information content (AvgIpc) is 3.29. The van der Waals surface area contributed by atoms with Crippen LogP contribution < -0.4 is 0 Å². The van der Waals surface area contributed by atoms with Crippen LogP contribution in [0.2, 0.25) is 0 Å². The van der Waals surface area contributed by atoms with Crippen LogP contribution in [0.5, 0.6) is 0 Å². The molecule has 2 atom stereocenters. The van der Waals surface area contributed by atoms with Gasteiger partial charge in [-0.3, -0.25) is 4.79 Å². The molecule has 1 aromatic carbocycles. The Balaban J connectivity index is 1.52. The molecule has 3 heterocycles. The molecule has 2 fully saturated rings. The number of benzene rings is 1. The summed E-state index contributed by atoms with van der Waals surface area (Å²) in [6.07, 6.45) is 8.19. The monoisotopic (exact) mass is 483 g/mol. The molecule has 35 heavy (non-hydrogen) atoms. The second kappa shape index (κ2) is 10.2. The first kappa shape index (κ1) is 24.1. The lowest BCUT2D eigenvalue weighted by atomic mass is 9.81. The average molecular weight is 484 g/mol. The molecule has 1 N–H and O–H groups in total. The van der Waals surface area contributed by atoms with Crippen molar-refractivity contribution in [3.63, 3.8) is 0 Å². The minimum atomic E-state index is -0.684. The SMILES string of the molecule is COC(=O)N1CCc2ccc3c(nc(C4CCC(C(=O)O)CC4)n3[C@@H](C)C[C@@H]3CCCCO3)c2C1. The molecule has 8 nitrogen and oxygen atoms in total. The first-order chi connectivity index (χ1) is 17.0. The lowest BCUT2D eigenvalue weighted by Crippen LogP contribution is -2.35. The predicted octanol–water partition coefficient (Wildman–Crippen LogP) is 5.04. The second-order valence-electron chi connectivity index (χ2n) is 10.5. The van der Waals surface area contributed by atoms with E-state index in [1.165, 1.54) is 19.1 Å². The van der Waals surface area contributed by atoms with E-state index in [9.17, 15) is 14.7 Å². The van der Waals surface area contributed by atoms with Crippen molar-refractivity contribution in [2.24, 2.45) is 5.92 Å². The number of rotatable bonds is 5. The predicted molar refractivity (Wildman–Crippen MR) is 132 cm³/mol. The zero-order valence-corrected chi connectivity index (χ0v) is 20.9. The Hall–Kier alpha value is -2.61. The Bertz CT molecular complexity index is 1080. The number of nitrogens with zero attached hydrogens (tertiary/aromatic N) is 3. The van der Waals surface area contributed by atoms with Crippen molar-refractivity contribution in [2.45, 2.75) is 89.3 Å². The van der Waals surface area contributed by atoms with Gasteiger partial charge in [-0.25, -0.2) is 9.78 Å². The number of carboxylic acids is 1. The van der Waals surface area contributed by atoms with Crippen LogP contribution in [0.15, 0.2) is 12.1 Å². The smallest absolute Gasteiger partial charge is 0.409 e. The van der Waals surface area contributed by atoms with Crippen LogP contribution in [0, 0.1) is 5.92 Å². The fraction of sp³-hybridized carbons (Fsp3) is 0.667. The molecule has 2 aliphatic heterocycles. The van der Waals surface area contributed by atoms with Gasteiger partial charge in [-0.15, -0.1) is 0 Å². The molecular weight excluding hydrogens is 446 g/mol. The van der Waals surface area contributed by atoms with Crippen LogP contribution >= 0.6 is 0 Å². The Kier molecular flexibility index (Phi) is 7.00. The van der Waals surface area contributed by atoms with Crippen molar-refractivity contribution >= 4 is 23.1 Å². The van der Waals surface area contributed by atoms with Gasteiger partial charge in [-0.05, 0) is 76.3 Å². The minimum absolute atomic E-state index is 0.216. The van der Waals surface area contributed by atoms with Crippen LogP contribution in [0.4, 0.5) is 4.79 Å². The van der Waals surface area contributed by atoms with E-state index < -0.39 is 5.97 Å². The number of ether oxygens (including phenoxy) is 2. The number of fused-ring (bicyclic) bond motifs is 3. The maximum absolute atomic E-state index is 12.3. The third kappa shape index (κ3) is 4.77. The first-order valence-electron chi connectivity index (χ1n) is 13.2. The van der Waals surface area contributed by atoms with Crippen LogP contribution in [0.3, 0.4) is 0 Å². The standard InChI is InChI=1S/C27H37N3O5/c1-17(15-21-5-3-4-14-35-21)30-23-11-10-18-12-13-29(27(33)34-2)16-22(18)24(23)28-25(30)19-6-8-20(9-7-19)26(31)32/h10-11,17,19-21H,3-9,12-16H2,1-2H3,(H,31,32)/t17-,19?,20?,21-/m0/s1. The number of methoxy groups -OCH3 is 1. The van der Waals surface area contributed by atoms with E-state index in [1.807, 2.05) is 0 Å². The fourth-order valence-electron chi connectivity index (χ4n) is 6.33. The summed E-state index contributed by atoms with van der Waals surface area (Å²) >= 11 is 0. The zero-order chi connectivity index (χ0) is 24.5. The summed E-state index contributed by atoms with van der Waals surface area (Å²) < 4.78 is 13.5. The summed E-state index contributed by atoms with van der Waals surface area (Å²) in [5.74, 6) is 0.370. The lowest BCUT2D eigenvalue weighted by molar-refractivity contribution is -0.142. The molecule has 1 aliphatic carbocycles. The van der Waals surface area contributed by atoms with E-state index >= 15 is 0 Å². The van der Waals surface area contributed by atoms with Gasteiger partial charge < -0.3 is 24.0 Å². The van der Waals surface area contributed by atoms with Gasteiger partial charge >= 0.3 is 12.1 Å². The Morgan fingerprint density at radius 2 is 2.00 bits per heavy atom. The largest absolute Gasteiger partial charge is 0.481 e. The summed E-state index contributed by atoms with van der Waals surface area (Å²) in [5, 5.41) is 9.48. The number of hydrogen-bond acceptors (Lipinski definition) is 5. The lowest BCUT2D eigenvalue weighted by Gasteiger charge is -2.30. The highest BCUT2D eigenvalue weighted by atomic mass is 16.5. The molecule has 0 bridgehead atoms. The van der Waals surface area contributed by atoms with Crippen LogP contribution in [0.1, 0.15) is 87.2 Å². The molecule has 0 radical (unpaired) electrons. The van der Waals surface area contributed by atoms with Crippen molar-refractivity contribution in [1.29, 1.82) is 0 Å². The number of carbonyl (C=O) groups excluding carboxylic acids is 1. The molecule has 3 aliphatic rings. The van der Waals surface area contributed by atoms with Crippen molar-refractivity contribution in [3.05, 3.63) is 29.1 Å². The third-order valence-electron chi connectivity index (χ3n) is 8.28. The zero-order valence-electron chi connectivity index (χ0n) is 20.9. The van der Waals surface area contributed by atoms with Gasteiger partial charge in [0.05, 0.1) is 36.7 Å². The van der Waals surface area contributed by atoms with Gasteiger partial charge in [0.15, 0.2) is 0 Å². The molecule has 1 saturated carbocycles. The highest BCUT2D eigenvalue weighted by Crippen LogP contribution is 2.40. The quantitative estimate of drug-likeness (QED) is 0.640. The maximum atomic E-state index is 12.3. The summed E-state index contributed by atoms with van der Waals surface area (Å²) in [7, 11) is 1.42. The summed E-state index contributed by atoms with van der Waals surface area (Å²) in [6.45, 7) is 4.24. The van der Waals surface area contributed by atoms with Crippen LogP contribution in [-0.4, -0.2) is 58.0 Å². The van der Waals surface area contributed by atoms with Gasteiger partial charge in [0.2, 0.25) is 0 Å². The number of amides is 1. The summed E-state index contributed by atoms with van der Waals surface area (Å²) in [6, 6.07) is 4.60. The molecule has 8 heteroatoms. The molecule has 0 spiro atoms. The number of carbonyl (C=O) groups is 2.